The average molecular weight is 435 g/mol. The van der Waals surface area contributed by atoms with Gasteiger partial charge in [-0.2, -0.15) is 0 Å². The summed E-state index contributed by atoms with van der Waals surface area (Å²) in [6, 6.07) is 10.5. The average Bonchev–Trinajstić information content (AvgIpc) is 3.22. The first-order chi connectivity index (χ1) is 15.7. The smallest absolute Gasteiger partial charge is 0.226 e. The number of hydrogen-bond donors (Lipinski definition) is 0. The molecule has 0 spiro atoms. The Labute approximate surface area is 189 Å². The summed E-state index contributed by atoms with van der Waals surface area (Å²) in [4.78, 5) is 20.0. The third-order valence-electron chi connectivity index (χ3n) is 7.56. The Kier molecular flexibility index (Phi) is 6.35. The van der Waals surface area contributed by atoms with Gasteiger partial charge in [-0.1, -0.05) is 43.5 Å². The zero-order valence-electron chi connectivity index (χ0n) is 18.5. The first-order valence-corrected chi connectivity index (χ1v) is 12.0. The van der Waals surface area contributed by atoms with Crippen molar-refractivity contribution in [3.05, 3.63) is 60.2 Å². The third-order valence-corrected chi connectivity index (χ3v) is 7.56. The molecule has 2 aromatic rings. The van der Waals surface area contributed by atoms with Gasteiger partial charge in [-0.15, -0.1) is 0 Å². The maximum absolute atomic E-state index is 13.5. The van der Waals surface area contributed by atoms with Gasteiger partial charge in [0.25, 0.3) is 0 Å². The molecule has 5 heteroatoms. The van der Waals surface area contributed by atoms with Crippen molar-refractivity contribution in [1.29, 1.82) is 0 Å². The Balaban J connectivity index is 1.34. The van der Waals surface area contributed by atoms with Crippen LogP contribution in [0, 0.1) is 29.5 Å². The van der Waals surface area contributed by atoms with Crippen LogP contribution in [0.25, 0.3) is 17.2 Å². The summed E-state index contributed by atoms with van der Waals surface area (Å²) >= 11 is 0. The highest BCUT2D eigenvalue weighted by atomic mass is 19.1. The van der Waals surface area contributed by atoms with Gasteiger partial charge in [0.05, 0.1) is 18.9 Å². The second kappa shape index (κ2) is 9.53. The van der Waals surface area contributed by atoms with Crippen LogP contribution in [0.5, 0.6) is 0 Å². The minimum atomic E-state index is -0.245. The van der Waals surface area contributed by atoms with Crippen molar-refractivity contribution in [3.8, 4) is 11.1 Å². The highest BCUT2D eigenvalue weighted by Gasteiger charge is 2.46. The number of carbonyl (C=O) groups is 1. The van der Waals surface area contributed by atoms with Crippen molar-refractivity contribution in [2.24, 2.45) is 23.7 Å². The summed E-state index contributed by atoms with van der Waals surface area (Å²) in [6.07, 6.45) is 12.2. The molecule has 2 saturated carbocycles. The number of ether oxygens (including phenoxy) is 1. The number of allylic oxidation sites excluding steroid dienone is 1. The van der Waals surface area contributed by atoms with E-state index >= 15 is 0 Å². The lowest BCUT2D eigenvalue weighted by atomic mass is 9.77. The number of nitrogens with zero attached hydrogens (tertiary/aromatic N) is 2. The Morgan fingerprint density at radius 3 is 2.72 bits per heavy atom. The van der Waals surface area contributed by atoms with E-state index in [2.05, 4.69) is 17.1 Å². The van der Waals surface area contributed by atoms with Crippen LogP contribution in [0.2, 0.25) is 0 Å². The molecule has 1 aromatic carbocycles. The largest absolute Gasteiger partial charge is 0.378 e. The maximum Gasteiger partial charge on any atom is 0.226 e. The molecular weight excluding hydrogens is 403 g/mol. The number of hydrogen-bond acceptors (Lipinski definition) is 3. The fourth-order valence-electron chi connectivity index (χ4n) is 5.93. The monoisotopic (exact) mass is 434 g/mol. The molecule has 5 rings (SSSR count). The van der Waals surface area contributed by atoms with E-state index in [4.69, 9.17) is 4.74 Å². The van der Waals surface area contributed by atoms with Crippen molar-refractivity contribution in [2.45, 2.75) is 32.1 Å². The van der Waals surface area contributed by atoms with Crippen molar-refractivity contribution in [3.63, 3.8) is 0 Å². The van der Waals surface area contributed by atoms with Crippen LogP contribution in [0.3, 0.4) is 0 Å². The van der Waals surface area contributed by atoms with Crippen LogP contribution in [-0.2, 0) is 9.53 Å². The number of rotatable bonds is 4. The minimum absolute atomic E-state index is 0.0732. The number of morpholine rings is 1. The van der Waals surface area contributed by atoms with E-state index in [1.807, 2.05) is 23.1 Å². The normalized spacial score (nSPS) is 28.1. The topological polar surface area (TPSA) is 42.4 Å². The summed E-state index contributed by atoms with van der Waals surface area (Å²) < 4.78 is 19.0. The summed E-state index contributed by atoms with van der Waals surface area (Å²) in [7, 11) is 0. The second-order valence-corrected chi connectivity index (χ2v) is 9.41. The second-order valence-electron chi connectivity index (χ2n) is 9.41. The summed E-state index contributed by atoms with van der Waals surface area (Å²) in [5.74, 6) is 1.68. The van der Waals surface area contributed by atoms with Gasteiger partial charge in [0.2, 0.25) is 5.91 Å². The van der Waals surface area contributed by atoms with E-state index in [9.17, 15) is 9.18 Å². The van der Waals surface area contributed by atoms with Crippen LogP contribution in [0.15, 0.2) is 48.7 Å². The van der Waals surface area contributed by atoms with Crippen LogP contribution in [-0.4, -0.2) is 42.1 Å². The lowest BCUT2D eigenvalue weighted by Gasteiger charge is -2.32. The molecule has 1 saturated heterocycles. The molecule has 4 nitrogen and oxygen atoms in total. The highest BCUT2D eigenvalue weighted by Crippen LogP contribution is 2.50. The quantitative estimate of drug-likeness (QED) is 0.664. The van der Waals surface area contributed by atoms with Gasteiger partial charge in [0, 0.05) is 30.8 Å². The standard InChI is InChI=1S/C27H31FN2O2/c28-22-6-3-5-19(16-22)21-8-9-23(29-18-21)10-11-25-24-7-2-1-4-20(24)17-26(25)27(31)30-12-14-32-15-13-30/h3,5-6,8-11,16,18,20,24-26H,1-2,4,7,12-15,17H2/b11-10+/t20-,24-,25+,26+/m1/s1. The van der Waals surface area contributed by atoms with Crippen LogP contribution in [0.1, 0.15) is 37.8 Å². The lowest BCUT2D eigenvalue weighted by Crippen LogP contribution is -2.44. The van der Waals surface area contributed by atoms with Gasteiger partial charge in [0.15, 0.2) is 0 Å². The first-order valence-electron chi connectivity index (χ1n) is 12.0. The molecule has 32 heavy (non-hydrogen) atoms. The van der Waals surface area contributed by atoms with Crippen LogP contribution >= 0.6 is 0 Å². The van der Waals surface area contributed by atoms with Gasteiger partial charge in [-0.25, -0.2) is 4.39 Å². The number of pyridine rings is 1. The first kappa shape index (κ1) is 21.3. The van der Waals surface area contributed by atoms with Gasteiger partial charge >= 0.3 is 0 Å². The molecular formula is C27H31FN2O2. The molecule has 3 aliphatic rings. The summed E-state index contributed by atoms with van der Waals surface area (Å²) in [5.41, 5.74) is 2.60. The number of amides is 1. The Morgan fingerprint density at radius 1 is 1.09 bits per heavy atom. The van der Waals surface area contributed by atoms with Crippen LogP contribution in [0.4, 0.5) is 4.39 Å². The fourth-order valence-corrected chi connectivity index (χ4v) is 5.93. The van der Waals surface area contributed by atoms with Crippen molar-refractivity contribution in [2.75, 3.05) is 26.3 Å². The molecule has 4 atom stereocenters. The Morgan fingerprint density at radius 2 is 1.94 bits per heavy atom. The molecule has 1 aromatic heterocycles. The van der Waals surface area contributed by atoms with Crippen molar-refractivity contribution >= 4 is 12.0 Å². The zero-order chi connectivity index (χ0) is 21.9. The molecule has 0 bridgehead atoms. The number of fused-ring (bicyclic) bond motifs is 1. The SMILES string of the molecule is O=C([C@H]1C[C@H]2CCCC[C@H]2[C@@H]1/C=C/c1ccc(-c2cccc(F)c2)cn1)N1CCOCC1. The molecule has 3 fully saturated rings. The van der Waals surface area contributed by atoms with Gasteiger partial charge < -0.3 is 9.64 Å². The number of aromatic nitrogens is 1. The molecule has 2 aliphatic carbocycles. The van der Waals surface area contributed by atoms with Crippen molar-refractivity contribution < 1.29 is 13.9 Å². The Hall–Kier alpha value is -2.53. The molecule has 1 amide bonds. The molecule has 2 heterocycles. The highest BCUT2D eigenvalue weighted by molar-refractivity contribution is 5.80. The van der Waals surface area contributed by atoms with E-state index in [-0.39, 0.29) is 17.7 Å². The van der Waals surface area contributed by atoms with Crippen LogP contribution < -0.4 is 0 Å². The van der Waals surface area contributed by atoms with Gasteiger partial charge in [0.1, 0.15) is 5.82 Å². The maximum atomic E-state index is 13.5. The predicted molar refractivity (Wildman–Crippen MR) is 123 cm³/mol. The van der Waals surface area contributed by atoms with E-state index < -0.39 is 0 Å². The van der Waals surface area contributed by atoms with E-state index in [1.165, 1.54) is 37.8 Å². The number of carbonyl (C=O) groups excluding carboxylic acids is 1. The predicted octanol–water partition coefficient (Wildman–Crippen LogP) is 5.20. The molecule has 168 valence electrons. The Bertz CT molecular complexity index is 968. The zero-order valence-corrected chi connectivity index (χ0v) is 18.5. The molecule has 0 unspecified atom stereocenters. The summed E-state index contributed by atoms with van der Waals surface area (Å²) in [5, 5.41) is 0. The van der Waals surface area contributed by atoms with E-state index in [1.54, 1.807) is 12.3 Å². The number of benzene rings is 1. The van der Waals surface area contributed by atoms with Gasteiger partial charge in [-0.05, 0) is 60.4 Å². The van der Waals surface area contributed by atoms with E-state index in [0.29, 0.717) is 44.0 Å². The van der Waals surface area contributed by atoms with Crippen molar-refractivity contribution in [1.82, 2.24) is 9.88 Å². The molecule has 0 N–H and O–H groups in total. The van der Waals surface area contributed by atoms with E-state index in [0.717, 1.165) is 23.2 Å². The fraction of sp³-hybridized carbons (Fsp3) is 0.481. The van der Waals surface area contributed by atoms with Gasteiger partial charge in [-0.3, -0.25) is 9.78 Å². The minimum Gasteiger partial charge on any atom is -0.378 e. The molecule has 1 aliphatic heterocycles. The lowest BCUT2D eigenvalue weighted by molar-refractivity contribution is -0.140. The third kappa shape index (κ3) is 4.49. The number of halogens is 1. The summed E-state index contributed by atoms with van der Waals surface area (Å²) in [6.45, 7) is 2.72. The molecule has 0 radical (unpaired) electrons.